The van der Waals surface area contributed by atoms with Gasteiger partial charge in [-0.1, -0.05) is 55.8 Å². The van der Waals surface area contributed by atoms with Crippen molar-refractivity contribution in [2.75, 3.05) is 5.73 Å². The van der Waals surface area contributed by atoms with E-state index in [4.69, 9.17) is 22.1 Å². The van der Waals surface area contributed by atoms with Crippen LogP contribution in [0.25, 0.3) is 11.3 Å². The Kier molecular flexibility index (Phi) is 9.06. The summed E-state index contributed by atoms with van der Waals surface area (Å²) in [4.78, 5) is 4.45. The number of aromatic nitrogens is 1. The molecule has 1 aromatic heterocycles. The van der Waals surface area contributed by atoms with Crippen LogP contribution in [0.3, 0.4) is 0 Å². The highest BCUT2D eigenvalue weighted by molar-refractivity contribution is 6.31. The molecule has 4 rings (SSSR count). The van der Waals surface area contributed by atoms with Crippen LogP contribution in [0.5, 0.6) is 5.75 Å². The lowest BCUT2D eigenvalue weighted by atomic mass is 9.78. The lowest BCUT2D eigenvalue weighted by Crippen LogP contribution is -2.27. The van der Waals surface area contributed by atoms with E-state index >= 15 is 0 Å². The summed E-state index contributed by atoms with van der Waals surface area (Å²) in [6.07, 6.45) is -2.53. The van der Waals surface area contributed by atoms with Crippen LogP contribution in [-0.2, 0) is 6.61 Å². The van der Waals surface area contributed by atoms with Crippen molar-refractivity contribution in [1.82, 2.24) is 4.98 Å². The van der Waals surface area contributed by atoms with E-state index in [1.807, 2.05) is 63.2 Å². The zero-order chi connectivity index (χ0) is 25.6. The average Bonchev–Trinajstić information content (AvgIpc) is 2.86. The Hall–Kier alpha value is -2.73. The van der Waals surface area contributed by atoms with Gasteiger partial charge < -0.3 is 10.5 Å². The quantitative estimate of drug-likeness (QED) is 0.378. The molecular formula is C28H32ClF3N2O. The molecule has 1 fully saturated rings. The Morgan fingerprint density at radius 3 is 2.23 bits per heavy atom. The summed E-state index contributed by atoms with van der Waals surface area (Å²) in [5.74, 6) is 0.121. The van der Waals surface area contributed by atoms with E-state index in [0.717, 1.165) is 22.3 Å². The lowest BCUT2D eigenvalue weighted by molar-refractivity contribution is -0.182. The summed E-state index contributed by atoms with van der Waals surface area (Å²) in [7, 11) is 0. The summed E-state index contributed by atoms with van der Waals surface area (Å²) in [6.45, 7) is 6.24. The predicted molar refractivity (Wildman–Crippen MR) is 137 cm³/mol. The third-order valence-corrected chi connectivity index (χ3v) is 6.62. The van der Waals surface area contributed by atoms with Crippen molar-refractivity contribution < 1.29 is 17.9 Å². The van der Waals surface area contributed by atoms with E-state index in [1.165, 1.54) is 0 Å². The number of pyridine rings is 1. The molecular weight excluding hydrogens is 473 g/mol. The van der Waals surface area contributed by atoms with Gasteiger partial charge in [-0.2, -0.15) is 13.2 Å². The standard InChI is InChI=1S/C26H26ClF3N2O.C2H6/c1-16-2-12-23(32-25(16)31)22-14-21(27)11-13-24(22)33-15-17-3-5-18(6-4-17)19-7-9-20(10-8-19)26(28,29)30;1-2/h2-6,11-14,19-20H,7-10,15H2,1H3,(H2,31,32);1-2H3. The molecule has 3 aromatic rings. The molecule has 1 aliphatic carbocycles. The monoisotopic (exact) mass is 504 g/mol. The third-order valence-electron chi connectivity index (χ3n) is 6.39. The van der Waals surface area contributed by atoms with Crippen molar-refractivity contribution in [1.29, 1.82) is 0 Å². The van der Waals surface area contributed by atoms with Gasteiger partial charge in [-0.3, -0.25) is 0 Å². The number of halogens is 4. The molecule has 3 nitrogen and oxygen atoms in total. The number of rotatable bonds is 5. The minimum absolute atomic E-state index is 0.180. The fraction of sp³-hybridized carbons (Fsp3) is 0.393. The maximum absolute atomic E-state index is 12.9. The van der Waals surface area contributed by atoms with Gasteiger partial charge in [-0.25, -0.2) is 4.98 Å². The number of nitrogens with zero attached hydrogens (tertiary/aromatic N) is 1. The number of nitrogen functional groups attached to an aromatic ring is 1. The first-order valence-corrected chi connectivity index (χ1v) is 12.4. The lowest BCUT2D eigenvalue weighted by Gasteiger charge is -2.30. The van der Waals surface area contributed by atoms with Crippen LogP contribution < -0.4 is 10.5 Å². The number of anilines is 1. The van der Waals surface area contributed by atoms with Gasteiger partial charge in [0.25, 0.3) is 0 Å². The van der Waals surface area contributed by atoms with Crippen LogP contribution in [0.1, 0.15) is 62.1 Å². The van der Waals surface area contributed by atoms with Gasteiger partial charge in [0, 0.05) is 10.6 Å². The Balaban J connectivity index is 0.00000167. The molecule has 0 saturated heterocycles. The van der Waals surface area contributed by atoms with Crippen molar-refractivity contribution in [3.63, 3.8) is 0 Å². The largest absolute Gasteiger partial charge is 0.488 e. The summed E-state index contributed by atoms with van der Waals surface area (Å²) in [5.41, 5.74) is 10.4. The maximum atomic E-state index is 12.9. The molecule has 1 heterocycles. The minimum atomic E-state index is -4.08. The minimum Gasteiger partial charge on any atom is -0.488 e. The molecule has 7 heteroatoms. The zero-order valence-electron chi connectivity index (χ0n) is 20.3. The summed E-state index contributed by atoms with van der Waals surface area (Å²) in [6, 6.07) is 17.1. The zero-order valence-corrected chi connectivity index (χ0v) is 21.1. The topological polar surface area (TPSA) is 48.1 Å². The van der Waals surface area contributed by atoms with Crippen LogP contribution in [0.4, 0.5) is 19.0 Å². The summed E-state index contributed by atoms with van der Waals surface area (Å²) >= 11 is 6.20. The number of alkyl halides is 3. The van der Waals surface area contributed by atoms with E-state index in [2.05, 4.69) is 4.98 Å². The van der Waals surface area contributed by atoms with Crippen molar-refractivity contribution in [3.8, 4) is 17.0 Å². The number of aryl methyl sites for hydroxylation is 1. The first-order chi connectivity index (χ1) is 16.7. The molecule has 35 heavy (non-hydrogen) atoms. The second kappa shape index (κ2) is 11.8. The Labute approximate surface area is 210 Å². The van der Waals surface area contributed by atoms with E-state index in [1.54, 1.807) is 12.1 Å². The molecule has 0 amide bonds. The molecule has 1 saturated carbocycles. The number of nitrogens with two attached hydrogens (primary N) is 1. The molecule has 0 atom stereocenters. The highest BCUT2D eigenvalue weighted by Gasteiger charge is 2.41. The second-order valence-electron chi connectivity index (χ2n) is 8.66. The van der Waals surface area contributed by atoms with Gasteiger partial charge in [0.05, 0.1) is 11.6 Å². The van der Waals surface area contributed by atoms with Crippen molar-refractivity contribution in [2.24, 2.45) is 5.92 Å². The average molecular weight is 505 g/mol. The molecule has 0 bridgehead atoms. The molecule has 2 N–H and O–H groups in total. The van der Waals surface area contributed by atoms with Crippen LogP contribution in [0, 0.1) is 12.8 Å². The first-order valence-electron chi connectivity index (χ1n) is 12.0. The molecule has 188 valence electrons. The molecule has 0 spiro atoms. The first kappa shape index (κ1) is 26.9. The SMILES string of the molecule is CC.Cc1ccc(-c2cc(Cl)ccc2OCc2ccc(C3CCC(C(F)(F)F)CC3)cc2)nc1N. The van der Waals surface area contributed by atoms with Crippen LogP contribution >= 0.6 is 11.6 Å². The van der Waals surface area contributed by atoms with E-state index < -0.39 is 12.1 Å². The number of ether oxygens (including phenoxy) is 1. The number of hydrogen-bond donors (Lipinski definition) is 1. The molecule has 1 aliphatic rings. The van der Waals surface area contributed by atoms with Crippen molar-refractivity contribution in [2.45, 2.75) is 65.2 Å². The second-order valence-corrected chi connectivity index (χ2v) is 9.10. The van der Waals surface area contributed by atoms with Gasteiger partial charge >= 0.3 is 6.18 Å². The van der Waals surface area contributed by atoms with E-state index in [0.29, 0.717) is 41.7 Å². The van der Waals surface area contributed by atoms with Gasteiger partial charge in [0.1, 0.15) is 18.2 Å². The van der Waals surface area contributed by atoms with Gasteiger partial charge in [0.15, 0.2) is 0 Å². The maximum Gasteiger partial charge on any atom is 0.391 e. The van der Waals surface area contributed by atoms with Crippen LogP contribution in [-0.4, -0.2) is 11.2 Å². The molecule has 2 aromatic carbocycles. The van der Waals surface area contributed by atoms with Crippen LogP contribution in [0.15, 0.2) is 54.6 Å². The van der Waals surface area contributed by atoms with Gasteiger partial charge in [-0.15, -0.1) is 0 Å². The van der Waals surface area contributed by atoms with Crippen molar-refractivity contribution >= 4 is 17.4 Å². The Morgan fingerprint density at radius 1 is 0.971 bits per heavy atom. The fourth-order valence-corrected chi connectivity index (χ4v) is 4.50. The molecule has 0 unspecified atom stereocenters. The van der Waals surface area contributed by atoms with Gasteiger partial charge in [-0.05, 0) is 79.5 Å². The number of hydrogen-bond acceptors (Lipinski definition) is 3. The molecule has 0 aliphatic heterocycles. The smallest absolute Gasteiger partial charge is 0.391 e. The highest BCUT2D eigenvalue weighted by atomic mass is 35.5. The Morgan fingerprint density at radius 2 is 1.63 bits per heavy atom. The normalized spacial score (nSPS) is 17.9. The highest BCUT2D eigenvalue weighted by Crippen LogP contribution is 2.43. The van der Waals surface area contributed by atoms with Gasteiger partial charge in [0.2, 0.25) is 0 Å². The van der Waals surface area contributed by atoms with Crippen molar-refractivity contribution in [3.05, 3.63) is 76.3 Å². The third kappa shape index (κ3) is 6.91. The predicted octanol–water partition coefficient (Wildman–Crippen LogP) is 8.73. The van der Waals surface area contributed by atoms with Crippen LogP contribution in [0.2, 0.25) is 5.02 Å². The Bertz CT molecular complexity index is 1110. The summed E-state index contributed by atoms with van der Waals surface area (Å²) < 4.78 is 44.8. The summed E-state index contributed by atoms with van der Waals surface area (Å²) in [5, 5.41) is 0.572. The van der Waals surface area contributed by atoms with E-state index in [9.17, 15) is 13.2 Å². The molecule has 0 radical (unpaired) electrons. The van der Waals surface area contributed by atoms with E-state index in [-0.39, 0.29) is 18.8 Å². The fourth-order valence-electron chi connectivity index (χ4n) is 4.32. The number of benzene rings is 2.